The molecule has 114 valence electrons. The molecule has 0 saturated heterocycles. The van der Waals surface area contributed by atoms with Crippen molar-refractivity contribution in [2.45, 2.75) is 6.92 Å². The van der Waals surface area contributed by atoms with Crippen molar-refractivity contribution >= 4 is 17.9 Å². The first-order valence-electron chi connectivity index (χ1n) is 6.94. The third-order valence-corrected chi connectivity index (χ3v) is 2.91. The maximum Gasteiger partial charge on any atom is 0.337 e. The van der Waals surface area contributed by atoms with E-state index < -0.39 is 5.97 Å². The van der Waals surface area contributed by atoms with E-state index in [9.17, 15) is 4.79 Å². The molecule has 0 radical (unpaired) electrons. The lowest BCUT2D eigenvalue weighted by molar-refractivity contribution is 0.0600. The Morgan fingerprint density at radius 2 is 2.00 bits per heavy atom. The van der Waals surface area contributed by atoms with Crippen LogP contribution in [0.4, 0.5) is 5.69 Å². The Hall–Kier alpha value is -2.82. The van der Waals surface area contributed by atoms with Crippen LogP contribution in [-0.2, 0) is 4.74 Å². The summed E-state index contributed by atoms with van der Waals surface area (Å²) in [5.41, 5.74) is 5.04. The maximum absolute atomic E-state index is 11.6. The van der Waals surface area contributed by atoms with E-state index in [1.807, 2.05) is 37.3 Å². The van der Waals surface area contributed by atoms with Crippen LogP contribution in [0.25, 0.3) is 0 Å². The number of nitrogens with one attached hydrogen (secondary N) is 1. The van der Waals surface area contributed by atoms with Crippen LogP contribution in [0, 0.1) is 0 Å². The van der Waals surface area contributed by atoms with Gasteiger partial charge in [-0.15, -0.1) is 0 Å². The molecule has 0 fully saturated rings. The van der Waals surface area contributed by atoms with Crippen molar-refractivity contribution < 1.29 is 14.3 Å². The van der Waals surface area contributed by atoms with Gasteiger partial charge in [0.25, 0.3) is 0 Å². The smallest absolute Gasteiger partial charge is 0.337 e. The molecule has 2 aromatic carbocycles. The van der Waals surface area contributed by atoms with Gasteiger partial charge in [-0.1, -0.05) is 18.2 Å². The summed E-state index contributed by atoms with van der Waals surface area (Å²) in [5.74, 6) is 0.191. The second-order valence-electron chi connectivity index (χ2n) is 4.41. The molecule has 5 nitrogen and oxygen atoms in total. The topological polar surface area (TPSA) is 59.9 Å². The lowest BCUT2D eigenvalue weighted by Crippen LogP contribution is -2.04. The Bertz CT molecular complexity index is 654. The number of carbonyl (C=O) groups excluding carboxylic acids is 1. The number of rotatable bonds is 6. The minimum Gasteiger partial charge on any atom is -0.493 e. The fourth-order valence-corrected chi connectivity index (χ4v) is 1.86. The fourth-order valence-electron chi connectivity index (χ4n) is 1.86. The number of hydrogen-bond donors (Lipinski definition) is 1. The van der Waals surface area contributed by atoms with Gasteiger partial charge in [0.2, 0.25) is 0 Å². The molecule has 1 N–H and O–H groups in total. The van der Waals surface area contributed by atoms with Gasteiger partial charge in [0, 0.05) is 5.56 Å². The second-order valence-corrected chi connectivity index (χ2v) is 4.41. The zero-order valence-corrected chi connectivity index (χ0v) is 12.6. The van der Waals surface area contributed by atoms with Crippen molar-refractivity contribution in [3.8, 4) is 5.75 Å². The molecule has 0 unspecified atom stereocenters. The van der Waals surface area contributed by atoms with Crippen molar-refractivity contribution in [2.75, 3.05) is 19.1 Å². The third kappa shape index (κ3) is 4.09. The fraction of sp³-hybridized carbons (Fsp3) is 0.176. The van der Waals surface area contributed by atoms with Crippen molar-refractivity contribution in [1.29, 1.82) is 0 Å². The highest BCUT2D eigenvalue weighted by atomic mass is 16.5. The van der Waals surface area contributed by atoms with Gasteiger partial charge in [-0.25, -0.2) is 4.79 Å². The zero-order valence-electron chi connectivity index (χ0n) is 12.6. The molecule has 0 aromatic heterocycles. The van der Waals surface area contributed by atoms with E-state index in [1.165, 1.54) is 7.11 Å². The molecule has 5 heteroatoms. The van der Waals surface area contributed by atoms with Gasteiger partial charge in [0.15, 0.2) is 0 Å². The summed E-state index contributed by atoms with van der Waals surface area (Å²) >= 11 is 0. The summed E-state index contributed by atoms with van der Waals surface area (Å²) in [6.45, 7) is 2.38. The van der Waals surface area contributed by atoms with Crippen LogP contribution >= 0.6 is 0 Å². The van der Waals surface area contributed by atoms with Crippen molar-refractivity contribution in [2.24, 2.45) is 5.10 Å². The van der Waals surface area contributed by atoms with Crippen LogP contribution in [0.15, 0.2) is 53.6 Å². The van der Waals surface area contributed by atoms with Gasteiger partial charge in [-0.2, -0.15) is 5.10 Å². The Labute approximate surface area is 129 Å². The molecular formula is C17H18N2O3. The van der Waals surface area contributed by atoms with E-state index >= 15 is 0 Å². The summed E-state index contributed by atoms with van der Waals surface area (Å²) in [7, 11) is 1.35. The molecule has 0 aliphatic heterocycles. The molecular weight excluding hydrogens is 280 g/mol. The lowest BCUT2D eigenvalue weighted by atomic mass is 10.1. The molecule has 22 heavy (non-hydrogen) atoms. The number of ether oxygens (including phenoxy) is 2. The van der Waals surface area contributed by atoms with Crippen LogP contribution in [0.5, 0.6) is 5.75 Å². The molecule has 0 aliphatic rings. The molecule has 0 atom stereocenters. The van der Waals surface area contributed by atoms with Crippen LogP contribution < -0.4 is 10.2 Å². The Kier molecular flexibility index (Phi) is 5.54. The van der Waals surface area contributed by atoms with Gasteiger partial charge in [0.1, 0.15) is 5.75 Å². The average molecular weight is 298 g/mol. The number of carbonyl (C=O) groups is 1. The molecule has 0 saturated carbocycles. The number of anilines is 1. The highest BCUT2D eigenvalue weighted by Crippen LogP contribution is 2.20. The Balaban J connectivity index is 2.17. The highest BCUT2D eigenvalue weighted by Gasteiger charge is 2.09. The number of para-hydroxylation sites is 1. The molecule has 0 heterocycles. The number of hydrogen-bond acceptors (Lipinski definition) is 5. The summed E-state index contributed by atoms with van der Waals surface area (Å²) in [6.07, 6.45) is 1.65. The monoisotopic (exact) mass is 298 g/mol. The average Bonchev–Trinajstić information content (AvgIpc) is 2.56. The van der Waals surface area contributed by atoms with Gasteiger partial charge < -0.3 is 9.47 Å². The van der Waals surface area contributed by atoms with E-state index in [1.54, 1.807) is 24.4 Å². The number of methoxy groups -OCH3 is 1. The number of benzene rings is 2. The first-order valence-corrected chi connectivity index (χ1v) is 6.94. The minimum atomic E-state index is -0.396. The van der Waals surface area contributed by atoms with E-state index in [4.69, 9.17) is 9.47 Å². The van der Waals surface area contributed by atoms with Gasteiger partial charge in [0.05, 0.1) is 31.2 Å². The minimum absolute atomic E-state index is 0.396. The molecule has 0 aliphatic carbocycles. The van der Waals surface area contributed by atoms with Gasteiger partial charge in [-0.3, -0.25) is 5.43 Å². The van der Waals surface area contributed by atoms with Gasteiger partial charge in [-0.05, 0) is 37.3 Å². The van der Waals surface area contributed by atoms with Crippen LogP contribution in [-0.4, -0.2) is 25.9 Å². The standard InChI is InChI=1S/C17H18N2O3/c1-3-22-16-11-13(17(20)21-2)9-10-14(16)12-18-19-15-7-5-4-6-8-15/h4-12,19H,3H2,1-2H3. The summed E-state index contributed by atoms with van der Waals surface area (Å²) < 4.78 is 10.3. The molecule has 2 aromatic rings. The van der Waals surface area contributed by atoms with Crippen LogP contribution in [0.3, 0.4) is 0 Å². The zero-order chi connectivity index (χ0) is 15.8. The largest absolute Gasteiger partial charge is 0.493 e. The van der Waals surface area contributed by atoms with Crippen LogP contribution in [0.1, 0.15) is 22.8 Å². The second kappa shape index (κ2) is 7.83. The third-order valence-electron chi connectivity index (χ3n) is 2.91. The van der Waals surface area contributed by atoms with Crippen LogP contribution in [0.2, 0.25) is 0 Å². The van der Waals surface area contributed by atoms with E-state index in [0.717, 1.165) is 11.3 Å². The van der Waals surface area contributed by atoms with Gasteiger partial charge >= 0.3 is 5.97 Å². The van der Waals surface area contributed by atoms with E-state index in [2.05, 4.69) is 10.5 Å². The lowest BCUT2D eigenvalue weighted by Gasteiger charge is -2.08. The first kappa shape index (κ1) is 15.6. The molecule has 0 spiro atoms. The molecule has 2 rings (SSSR count). The summed E-state index contributed by atoms with van der Waals surface area (Å²) in [4.78, 5) is 11.6. The van der Waals surface area contributed by atoms with E-state index in [-0.39, 0.29) is 0 Å². The Morgan fingerprint density at radius 1 is 1.23 bits per heavy atom. The van der Waals surface area contributed by atoms with E-state index in [0.29, 0.717) is 17.9 Å². The van der Waals surface area contributed by atoms with Crippen molar-refractivity contribution in [3.63, 3.8) is 0 Å². The molecule has 0 bridgehead atoms. The molecule has 0 amide bonds. The number of esters is 1. The normalized spacial score (nSPS) is 10.5. The highest BCUT2D eigenvalue weighted by molar-refractivity contribution is 5.92. The number of nitrogens with zero attached hydrogens (tertiary/aromatic N) is 1. The first-order chi connectivity index (χ1) is 10.7. The van der Waals surface area contributed by atoms with Crippen molar-refractivity contribution in [3.05, 3.63) is 59.7 Å². The predicted molar refractivity (Wildman–Crippen MR) is 86.6 cm³/mol. The quantitative estimate of drug-likeness (QED) is 0.505. The van der Waals surface area contributed by atoms with Crippen molar-refractivity contribution in [1.82, 2.24) is 0 Å². The number of hydrazone groups is 1. The summed E-state index contributed by atoms with van der Waals surface area (Å²) in [6, 6.07) is 14.7. The Morgan fingerprint density at radius 3 is 2.68 bits per heavy atom. The predicted octanol–water partition coefficient (Wildman–Crippen LogP) is 3.32. The maximum atomic E-state index is 11.6. The summed E-state index contributed by atoms with van der Waals surface area (Å²) in [5, 5.41) is 4.18. The SMILES string of the molecule is CCOc1cc(C(=O)OC)ccc1C=NNc1ccccc1.